The molecule has 0 aromatic heterocycles. The third-order valence-corrected chi connectivity index (χ3v) is 3.79. The van der Waals surface area contributed by atoms with E-state index in [4.69, 9.17) is 9.47 Å². The summed E-state index contributed by atoms with van der Waals surface area (Å²) in [5.74, 6) is 1.80. The van der Waals surface area contributed by atoms with Gasteiger partial charge in [-0.15, -0.1) is 0 Å². The highest BCUT2D eigenvalue weighted by Gasteiger charge is 2.38. The van der Waals surface area contributed by atoms with Gasteiger partial charge in [0, 0.05) is 5.92 Å². The summed E-state index contributed by atoms with van der Waals surface area (Å²) in [6.45, 7) is 13.2. The fraction of sp³-hybridized carbons (Fsp3) is 1.00. The maximum Gasteiger partial charge on any atom is 0.161 e. The number of ether oxygens (including phenoxy) is 2. The largest absolute Gasteiger partial charge is 0.350 e. The minimum atomic E-state index is -0.0128. The zero-order valence-corrected chi connectivity index (χ0v) is 11.0. The topological polar surface area (TPSA) is 18.5 Å². The van der Waals surface area contributed by atoms with E-state index in [-0.39, 0.29) is 12.4 Å². The van der Waals surface area contributed by atoms with Crippen molar-refractivity contribution in [2.45, 2.75) is 66.5 Å². The number of hydrogen-bond acceptors (Lipinski definition) is 2. The van der Waals surface area contributed by atoms with Gasteiger partial charge in [0.2, 0.25) is 0 Å². The van der Waals surface area contributed by atoms with Gasteiger partial charge in [-0.25, -0.2) is 0 Å². The van der Waals surface area contributed by atoms with Crippen LogP contribution in [-0.2, 0) is 9.47 Å². The van der Waals surface area contributed by atoms with E-state index in [1.165, 1.54) is 0 Å². The molecule has 1 fully saturated rings. The van der Waals surface area contributed by atoms with E-state index in [0.717, 1.165) is 6.42 Å². The summed E-state index contributed by atoms with van der Waals surface area (Å²) < 4.78 is 11.9. The van der Waals surface area contributed by atoms with Crippen LogP contribution in [-0.4, -0.2) is 18.5 Å². The average Bonchev–Trinajstić information content (AvgIpc) is 2.18. The van der Waals surface area contributed by atoms with E-state index < -0.39 is 0 Å². The summed E-state index contributed by atoms with van der Waals surface area (Å²) in [5.41, 5.74) is 0. The molecule has 2 unspecified atom stereocenters. The van der Waals surface area contributed by atoms with Crippen LogP contribution in [0.5, 0.6) is 0 Å². The van der Waals surface area contributed by atoms with Crippen molar-refractivity contribution in [3.05, 3.63) is 0 Å². The second kappa shape index (κ2) is 5.31. The van der Waals surface area contributed by atoms with Crippen LogP contribution in [0.3, 0.4) is 0 Å². The molecule has 90 valence electrons. The van der Waals surface area contributed by atoms with Crippen molar-refractivity contribution in [2.24, 2.45) is 17.8 Å². The standard InChI is InChI=1S/C13H26O2/c1-7-12-10(5)9(4)11(6)13(15-12)14-8(2)3/h8-13H,7H2,1-6H3/t9-,10+,11?,12?,13-/m0/s1. The quantitative estimate of drug-likeness (QED) is 0.716. The molecule has 2 heteroatoms. The monoisotopic (exact) mass is 214 g/mol. The molecule has 0 bridgehead atoms. The van der Waals surface area contributed by atoms with Crippen LogP contribution in [0.15, 0.2) is 0 Å². The Kier molecular flexibility index (Phi) is 4.60. The van der Waals surface area contributed by atoms with Gasteiger partial charge in [0.15, 0.2) is 6.29 Å². The van der Waals surface area contributed by atoms with Crippen molar-refractivity contribution in [1.29, 1.82) is 0 Å². The predicted octanol–water partition coefficient (Wildman–Crippen LogP) is 3.45. The van der Waals surface area contributed by atoms with Crippen molar-refractivity contribution < 1.29 is 9.47 Å². The first-order chi connectivity index (χ1) is 6.97. The first-order valence-electron chi connectivity index (χ1n) is 6.28. The molecule has 0 saturated carbocycles. The Balaban J connectivity index is 2.65. The molecule has 5 atom stereocenters. The number of rotatable bonds is 3. The Morgan fingerprint density at radius 1 is 1.07 bits per heavy atom. The summed E-state index contributed by atoms with van der Waals surface area (Å²) >= 11 is 0. The molecule has 0 aromatic carbocycles. The van der Waals surface area contributed by atoms with Crippen LogP contribution in [0.1, 0.15) is 48.0 Å². The molecule has 0 radical (unpaired) electrons. The van der Waals surface area contributed by atoms with Crippen molar-refractivity contribution in [2.75, 3.05) is 0 Å². The second-order valence-electron chi connectivity index (χ2n) is 5.21. The molecule has 1 aliphatic heterocycles. The van der Waals surface area contributed by atoms with E-state index in [0.29, 0.717) is 23.9 Å². The Hall–Kier alpha value is -0.0800. The lowest BCUT2D eigenvalue weighted by Gasteiger charge is -2.43. The van der Waals surface area contributed by atoms with Crippen LogP contribution >= 0.6 is 0 Å². The zero-order chi connectivity index (χ0) is 11.6. The maximum atomic E-state index is 6.02. The van der Waals surface area contributed by atoms with Crippen LogP contribution in [0, 0.1) is 17.8 Å². The molecule has 1 rings (SSSR count). The lowest BCUT2D eigenvalue weighted by molar-refractivity contribution is -0.259. The first-order valence-corrected chi connectivity index (χ1v) is 6.28. The Morgan fingerprint density at radius 3 is 2.13 bits per heavy atom. The zero-order valence-electron chi connectivity index (χ0n) is 11.0. The van der Waals surface area contributed by atoms with E-state index >= 15 is 0 Å². The lowest BCUT2D eigenvalue weighted by Crippen LogP contribution is -2.46. The van der Waals surface area contributed by atoms with Crippen molar-refractivity contribution in [3.8, 4) is 0 Å². The highest BCUT2D eigenvalue weighted by atomic mass is 16.7. The van der Waals surface area contributed by atoms with Gasteiger partial charge >= 0.3 is 0 Å². The summed E-state index contributed by atoms with van der Waals surface area (Å²) in [7, 11) is 0. The molecule has 1 aliphatic rings. The minimum Gasteiger partial charge on any atom is -0.350 e. The van der Waals surface area contributed by atoms with Gasteiger partial charge in [0.1, 0.15) is 0 Å². The first kappa shape index (κ1) is 13.0. The van der Waals surface area contributed by atoms with Gasteiger partial charge in [0.25, 0.3) is 0 Å². The highest BCUT2D eigenvalue weighted by molar-refractivity contribution is 4.82. The molecule has 0 spiro atoms. The molecular formula is C13H26O2. The van der Waals surface area contributed by atoms with E-state index in [9.17, 15) is 0 Å². The van der Waals surface area contributed by atoms with Crippen molar-refractivity contribution in [3.63, 3.8) is 0 Å². The van der Waals surface area contributed by atoms with Gasteiger partial charge < -0.3 is 9.47 Å². The Labute approximate surface area is 94.3 Å². The lowest BCUT2D eigenvalue weighted by atomic mass is 9.78. The van der Waals surface area contributed by atoms with Crippen LogP contribution < -0.4 is 0 Å². The average molecular weight is 214 g/mol. The summed E-state index contributed by atoms with van der Waals surface area (Å²) in [6.07, 6.45) is 1.67. The fourth-order valence-electron chi connectivity index (χ4n) is 2.38. The Bertz CT molecular complexity index is 189. The molecule has 2 nitrogen and oxygen atoms in total. The van der Waals surface area contributed by atoms with Crippen LogP contribution in [0.25, 0.3) is 0 Å². The van der Waals surface area contributed by atoms with E-state index in [2.05, 4.69) is 41.5 Å². The van der Waals surface area contributed by atoms with Crippen LogP contribution in [0.4, 0.5) is 0 Å². The van der Waals surface area contributed by atoms with Gasteiger partial charge in [-0.05, 0) is 32.1 Å². The highest BCUT2D eigenvalue weighted by Crippen LogP contribution is 2.36. The molecular weight excluding hydrogens is 188 g/mol. The van der Waals surface area contributed by atoms with Gasteiger partial charge in [0.05, 0.1) is 12.2 Å². The molecule has 0 aliphatic carbocycles. The molecule has 15 heavy (non-hydrogen) atoms. The van der Waals surface area contributed by atoms with E-state index in [1.807, 2.05) is 0 Å². The minimum absolute atomic E-state index is 0.0128. The molecule has 0 N–H and O–H groups in total. The smallest absolute Gasteiger partial charge is 0.161 e. The van der Waals surface area contributed by atoms with Crippen LogP contribution in [0.2, 0.25) is 0 Å². The predicted molar refractivity (Wildman–Crippen MR) is 62.7 cm³/mol. The summed E-state index contributed by atoms with van der Waals surface area (Å²) in [6, 6.07) is 0. The van der Waals surface area contributed by atoms with Gasteiger partial charge in [-0.3, -0.25) is 0 Å². The van der Waals surface area contributed by atoms with Crippen molar-refractivity contribution >= 4 is 0 Å². The maximum absolute atomic E-state index is 6.02. The van der Waals surface area contributed by atoms with Gasteiger partial charge in [-0.2, -0.15) is 0 Å². The molecule has 1 heterocycles. The second-order valence-corrected chi connectivity index (χ2v) is 5.21. The number of hydrogen-bond donors (Lipinski definition) is 0. The SMILES string of the molecule is CCC1O[C@H](OC(C)C)C(C)[C@@H](C)[C@H]1C. The third kappa shape index (κ3) is 2.94. The molecule has 0 amide bonds. The summed E-state index contributed by atoms with van der Waals surface area (Å²) in [4.78, 5) is 0. The van der Waals surface area contributed by atoms with Gasteiger partial charge in [-0.1, -0.05) is 27.7 Å². The summed E-state index contributed by atoms with van der Waals surface area (Å²) in [5, 5.41) is 0. The van der Waals surface area contributed by atoms with Crippen molar-refractivity contribution in [1.82, 2.24) is 0 Å². The Morgan fingerprint density at radius 2 is 1.67 bits per heavy atom. The normalized spacial score (nSPS) is 42.2. The molecule has 1 saturated heterocycles. The third-order valence-electron chi connectivity index (χ3n) is 3.79. The fourth-order valence-corrected chi connectivity index (χ4v) is 2.38. The van der Waals surface area contributed by atoms with E-state index in [1.54, 1.807) is 0 Å². The molecule has 0 aromatic rings.